The van der Waals surface area contributed by atoms with Crippen molar-refractivity contribution in [2.24, 2.45) is 0 Å². The molecule has 5 heteroatoms. The molecule has 5 nitrogen and oxygen atoms in total. The number of aliphatic hydroxyl groups is 1. The Balaban J connectivity index is 3.16. The first-order chi connectivity index (χ1) is 9.02. The zero-order valence-electron chi connectivity index (χ0n) is 12.6. The van der Waals surface area contributed by atoms with E-state index >= 15 is 0 Å². The zero-order valence-corrected chi connectivity index (χ0v) is 12.6. The topological polar surface area (TPSA) is 61.3 Å². The van der Waals surface area contributed by atoms with Gasteiger partial charge in [-0.05, 0) is 19.3 Å². The Hall–Kier alpha value is -1.36. The SMILES string of the molecule is CCCNc1ncnc(N(C)C(C)CO)c1C(C)C. The lowest BCUT2D eigenvalue weighted by atomic mass is 10.0. The Morgan fingerprint density at radius 2 is 2.00 bits per heavy atom. The highest BCUT2D eigenvalue weighted by Gasteiger charge is 2.20. The van der Waals surface area contributed by atoms with Crippen LogP contribution in [0.2, 0.25) is 0 Å². The van der Waals surface area contributed by atoms with Gasteiger partial charge in [0.2, 0.25) is 0 Å². The van der Waals surface area contributed by atoms with E-state index in [1.54, 1.807) is 6.33 Å². The highest BCUT2D eigenvalue weighted by Crippen LogP contribution is 2.30. The molecule has 0 aliphatic carbocycles. The number of nitrogens with zero attached hydrogens (tertiary/aromatic N) is 3. The van der Waals surface area contributed by atoms with Gasteiger partial charge >= 0.3 is 0 Å². The van der Waals surface area contributed by atoms with Crippen molar-refractivity contribution < 1.29 is 5.11 Å². The average Bonchev–Trinajstić information content (AvgIpc) is 2.42. The van der Waals surface area contributed by atoms with E-state index in [1.807, 2.05) is 18.9 Å². The molecule has 0 radical (unpaired) electrons. The fourth-order valence-electron chi connectivity index (χ4n) is 1.91. The number of aliphatic hydroxyl groups excluding tert-OH is 1. The molecule has 0 aromatic carbocycles. The van der Waals surface area contributed by atoms with Gasteiger partial charge < -0.3 is 15.3 Å². The quantitative estimate of drug-likeness (QED) is 0.792. The Kier molecular flexibility index (Phi) is 6.02. The monoisotopic (exact) mass is 266 g/mol. The smallest absolute Gasteiger partial charge is 0.137 e. The van der Waals surface area contributed by atoms with Crippen molar-refractivity contribution in [2.45, 2.75) is 46.1 Å². The molecule has 0 saturated heterocycles. The van der Waals surface area contributed by atoms with Gasteiger partial charge in [0.1, 0.15) is 18.0 Å². The normalized spacial score (nSPS) is 12.6. The molecule has 1 rings (SSSR count). The predicted octanol–water partition coefficient (Wildman–Crippen LogP) is 2.24. The van der Waals surface area contributed by atoms with Crippen LogP contribution in [0.25, 0.3) is 0 Å². The molecule has 1 heterocycles. The number of nitrogens with one attached hydrogen (secondary N) is 1. The minimum atomic E-state index is 0.0337. The van der Waals surface area contributed by atoms with Gasteiger partial charge in [0.25, 0.3) is 0 Å². The van der Waals surface area contributed by atoms with Crippen molar-refractivity contribution in [1.29, 1.82) is 0 Å². The predicted molar refractivity (Wildman–Crippen MR) is 79.9 cm³/mol. The van der Waals surface area contributed by atoms with Gasteiger partial charge in [-0.3, -0.25) is 0 Å². The Bertz CT molecular complexity index is 395. The van der Waals surface area contributed by atoms with Crippen LogP contribution in [-0.4, -0.2) is 41.3 Å². The van der Waals surface area contributed by atoms with E-state index in [4.69, 9.17) is 0 Å². The number of anilines is 2. The molecule has 108 valence electrons. The van der Waals surface area contributed by atoms with Crippen molar-refractivity contribution in [3.8, 4) is 0 Å². The molecule has 0 amide bonds. The highest BCUT2D eigenvalue weighted by atomic mass is 16.3. The maximum Gasteiger partial charge on any atom is 0.137 e. The van der Waals surface area contributed by atoms with Crippen molar-refractivity contribution in [3.05, 3.63) is 11.9 Å². The van der Waals surface area contributed by atoms with Crippen molar-refractivity contribution in [1.82, 2.24) is 9.97 Å². The largest absolute Gasteiger partial charge is 0.394 e. The third kappa shape index (κ3) is 3.80. The number of rotatable bonds is 7. The molecule has 0 fully saturated rings. The summed E-state index contributed by atoms with van der Waals surface area (Å²) >= 11 is 0. The summed E-state index contributed by atoms with van der Waals surface area (Å²) in [7, 11) is 1.96. The molecule has 1 aromatic rings. The average molecular weight is 266 g/mol. The first-order valence-electron chi connectivity index (χ1n) is 6.95. The molecule has 0 aliphatic rings. The summed E-state index contributed by atoms with van der Waals surface area (Å²) in [6.07, 6.45) is 2.64. The summed E-state index contributed by atoms with van der Waals surface area (Å²) in [6, 6.07) is 0.0337. The molecule has 0 aliphatic heterocycles. The van der Waals surface area contributed by atoms with Gasteiger partial charge in [-0.15, -0.1) is 0 Å². The fourth-order valence-corrected chi connectivity index (χ4v) is 1.91. The first kappa shape index (κ1) is 15.7. The second kappa shape index (κ2) is 7.28. The lowest BCUT2D eigenvalue weighted by Crippen LogP contribution is -2.33. The lowest BCUT2D eigenvalue weighted by molar-refractivity contribution is 0.269. The van der Waals surface area contributed by atoms with Crippen molar-refractivity contribution >= 4 is 11.6 Å². The van der Waals surface area contributed by atoms with E-state index in [0.29, 0.717) is 5.92 Å². The summed E-state index contributed by atoms with van der Waals surface area (Å²) in [5, 5.41) is 12.7. The van der Waals surface area contributed by atoms with Gasteiger partial charge in [-0.1, -0.05) is 20.8 Å². The maximum absolute atomic E-state index is 9.31. The van der Waals surface area contributed by atoms with Gasteiger partial charge in [0.15, 0.2) is 0 Å². The molecule has 0 bridgehead atoms. The van der Waals surface area contributed by atoms with Crippen LogP contribution in [0, 0.1) is 0 Å². The molecule has 19 heavy (non-hydrogen) atoms. The molecule has 1 aromatic heterocycles. The van der Waals surface area contributed by atoms with Crippen LogP contribution in [0.1, 0.15) is 45.6 Å². The standard InChI is InChI=1S/C14H26N4O/c1-6-7-15-13-12(10(2)3)14(17-9-16-13)18(5)11(4)8-19/h9-11,19H,6-8H2,1-5H3,(H,15,16,17). The lowest BCUT2D eigenvalue weighted by Gasteiger charge is -2.28. The number of likely N-dealkylation sites (N-methyl/N-ethyl adjacent to an activating group) is 1. The Morgan fingerprint density at radius 1 is 1.32 bits per heavy atom. The van der Waals surface area contributed by atoms with Crippen LogP contribution in [0.5, 0.6) is 0 Å². The van der Waals surface area contributed by atoms with Crippen LogP contribution in [0.4, 0.5) is 11.6 Å². The molecular formula is C14H26N4O. The number of hydrogen-bond acceptors (Lipinski definition) is 5. The summed E-state index contributed by atoms with van der Waals surface area (Å²) in [5.74, 6) is 2.12. The zero-order chi connectivity index (χ0) is 14.4. The van der Waals surface area contributed by atoms with E-state index in [9.17, 15) is 5.11 Å². The van der Waals surface area contributed by atoms with E-state index < -0.39 is 0 Å². The molecule has 0 spiro atoms. The number of aromatic nitrogens is 2. The molecule has 1 unspecified atom stereocenters. The first-order valence-corrected chi connectivity index (χ1v) is 6.95. The molecule has 1 atom stereocenters. The van der Waals surface area contributed by atoms with Gasteiger partial charge in [0.05, 0.1) is 12.6 Å². The fraction of sp³-hybridized carbons (Fsp3) is 0.714. The van der Waals surface area contributed by atoms with Gasteiger partial charge in [0, 0.05) is 19.2 Å². The van der Waals surface area contributed by atoms with Crippen LogP contribution in [0.3, 0.4) is 0 Å². The Morgan fingerprint density at radius 3 is 2.53 bits per heavy atom. The highest BCUT2D eigenvalue weighted by molar-refractivity contribution is 5.60. The third-order valence-corrected chi connectivity index (χ3v) is 3.24. The molecule has 0 saturated carbocycles. The van der Waals surface area contributed by atoms with Crippen molar-refractivity contribution in [2.75, 3.05) is 30.4 Å². The summed E-state index contributed by atoms with van der Waals surface area (Å²) < 4.78 is 0. The van der Waals surface area contributed by atoms with Crippen LogP contribution < -0.4 is 10.2 Å². The van der Waals surface area contributed by atoms with E-state index in [1.165, 1.54) is 0 Å². The van der Waals surface area contributed by atoms with E-state index in [-0.39, 0.29) is 12.6 Å². The van der Waals surface area contributed by atoms with Gasteiger partial charge in [-0.2, -0.15) is 0 Å². The molecule has 2 N–H and O–H groups in total. The number of hydrogen-bond donors (Lipinski definition) is 2. The summed E-state index contributed by atoms with van der Waals surface area (Å²) in [6.45, 7) is 9.38. The van der Waals surface area contributed by atoms with E-state index in [0.717, 1.165) is 30.2 Å². The summed E-state index contributed by atoms with van der Waals surface area (Å²) in [4.78, 5) is 10.8. The maximum atomic E-state index is 9.31. The minimum absolute atomic E-state index is 0.0337. The second-order valence-electron chi connectivity index (χ2n) is 5.18. The van der Waals surface area contributed by atoms with Gasteiger partial charge in [-0.25, -0.2) is 9.97 Å². The minimum Gasteiger partial charge on any atom is -0.394 e. The third-order valence-electron chi connectivity index (χ3n) is 3.24. The van der Waals surface area contributed by atoms with Crippen molar-refractivity contribution in [3.63, 3.8) is 0 Å². The second-order valence-corrected chi connectivity index (χ2v) is 5.18. The summed E-state index contributed by atoms with van der Waals surface area (Å²) in [5.41, 5.74) is 1.11. The van der Waals surface area contributed by atoms with Crippen LogP contribution in [-0.2, 0) is 0 Å². The van der Waals surface area contributed by atoms with Crippen LogP contribution >= 0.6 is 0 Å². The van der Waals surface area contributed by atoms with E-state index in [2.05, 4.69) is 36.1 Å². The van der Waals surface area contributed by atoms with Crippen LogP contribution in [0.15, 0.2) is 6.33 Å². The molecular weight excluding hydrogens is 240 g/mol. The Labute approximate surface area is 116 Å².